The Bertz CT molecular complexity index is 1210. The molecule has 0 radical (unpaired) electrons. The second-order valence-electron chi connectivity index (χ2n) is 7.92. The van der Waals surface area contributed by atoms with Crippen LogP contribution in [0.15, 0.2) is 55.2 Å². The Morgan fingerprint density at radius 3 is 2.53 bits per heavy atom. The Balaban J connectivity index is 1.48. The van der Waals surface area contributed by atoms with Crippen LogP contribution in [0.4, 0.5) is 5.82 Å². The fourth-order valence-corrected chi connectivity index (χ4v) is 3.80. The molecule has 9 nitrogen and oxygen atoms in total. The van der Waals surface area contributed by atoms with Gasteiger partial charge in [0.05, 0.1) is 25.1 Å². The van der Waals surface area contributed by atoms with Gasteiger partial charge < -0.3 is 15.4 Å². The highest BCUT2D eigenvalue weighted by atomic mass is 16.5. The molecule has 0 amide bonds. The normalized spacial score (nSPS) is 16.2. The fraction of sp³-hybridized carbons (Fsp3) is 0.304. The predicted molar refractivity (Wildman–Crippen MR) is 123 cm³/mol. The summed E-state index contributed by atoms with van der Waals surface area (Å²) in [5.74, 6) is 1.43. The molecule has 2 N–H and O–H groups in total. The summed E-state index contributed by atoms with van der Waals surface area (Å²) in [4.78, 5) is 9.57. The highest BCUT2D eigenvalue weighted by molar-refractivity contribution is 5.76. The van der Waals surface area contributed by atoms with E-state index >= 15 is 0 Å². The first-order chi connectivity index (χ1) is 15.7. The molecule has 32 heavy (non-hydrogen) atoms. The minimum atomic E-state index is 0.0952. The number of rotatable bonds is 6. The molecule has 0 spiro atoms. The Hall–Kier alpha value is -3.56. The third-order valence-electron chi connectivity index (χ3n) is 5.47. The van der Waals surface area contributed by atoms with Crippen molar-refractivity contribution < 1.29 is 4.74 Å². The van der Waals surface area contributed by atoms with Crippen molar-refractivity contribution in [1.29, 1.82) is 0 Å². The standard InChI is InChI=1S/C23H26N8O/c1-30-14-18(9-27-30)16-4-3-5-17(8-16)22-26-13-21(19-10-28-31(2)15-19)23(29-22)25-12-20-11-24-6-7-32-20/h3-5,8-10,13-15,20,24H,6-7,11-12H2,1-2H3,(H,25,26,29). The molecule has 1 aromatic carbocycles. The van der Waals surface area contributed by atoms with E-state index in [0.717, 1.165) is 53.3 Å². The van der Waals surface area contributed by atoms with E-state index in [1.165, 1.54) is 0 Å². The highest BCUT2D eigenvalue weighted by Crippen LogP contribution is 2.29. The first kappa shape index (κ1) is 20.3. The molecule has 1 aliphatic rings. The number of nitrogens with zero attached hydrogens (tertiary/aromatic N) is 6. The molecule has 1 atom stereocenters. The van der Waals surface area contributed by atoms with Crippen LogP contribution in [0.5, 0.6) is 0 Å². The zero-order valence-corrected chi connectivity index (χ0v) is 18.2. The van der Waals surface area contributed by atoms with E-state index in [-0.39, 0.29) is 6.10 Å². The molecular weight excluding hydrogens is 404 g/mol. The molecule has 1 saturated heterocycles. The van der Waals surface area contributed by atoms with E-state index in [9.17, 15) is 0 Å². The van der Waals surface area contributed by atoms with Crippen LogP contribution in [0, 0.1) is 0 Å². The topological polar surface area (TPSA) is 94.7 Å². The first-order valence-electron chi connectivity index (χ1n) is 10.7. The summed E-state index contributed by atoms with van der Waals surface area (Å²) >= 11 is 0. The summed E-state index contributed by atoms with van der Waals surface area (Å²) in [6.45, 7) is 3.09. The van der Waals surface area contributed by atoms with E-state index in [1.807, 2.05) is 57.2 Å². The Labute approximate surface area is 186 Å². The average Bonchev–Trinajstić information content (AvgIpc) is 3.46. The van der Waals surface area contributed by atoms with Gasteiger partial charge in [-0.2, -0.15) is 10.2 Å². The van der Waals surface area contributed by atoms with Gasteiger partial charge in [-0.25, -0.2) is 9.97 Å². The van der Waals surface area contributed by atoms with Gasteiger partial charge in [0.15, 0.2) is 5.82 Å². The molecule has 1 fully saturated rings. The van der Waals surface area contributed by atoms with Gasteiger partial charge in [0.25, 0.3) is 0 Å². The molecule has 4 heterocycles. The third-order valence-corrected chi connectivity index (χ3v) is 5.47. The van der Waals surface area contributed by atoms with Crippen molar-refractivity contribution in [3.05, 3.63) is 55.2 Å². The maximum atomic E-state index is 5.84. The summed E-state index contributed by atoms with van der Waals surface area (Å²) < 4.78 is 9.41. The molecule has 1 aliphatic heterocycles. The van der Waals surface area contributed by atoms with E-state index in [0.29, 0.717) is 12.4 Å². The summed E-state index contributed by atoms with van der Waals surface area (Å²) in [6, 6.07) is 8.20. The number of morpholine rings is 1. The molecule has 0 saturated carbocycles. The van der Waals surface area contributed by atoms with Crippen molar-refractivity contribution in [3.8, 4) is 33.6 Å². The number of nitrogens with one attached hydrogen (secondary N) is 2. The quantitative estimate of drug-likeness (QED) is 0.485. The number of aryl methyl sites for hydroxylation is 2. The largest absolute Gasteiger partial charge is 0.374 e. The van der Waals surface area contributed by atoms with Crippen molar-refractivity contribution in [2.45, 2.75) is 6.10 Å². The van der Waals surface area contributed by atoms with E-state index in [2.05, 4.69) is 37.9 Å². The minimum absolute atomic E-state index is 0.0952. The van der Waals surface area contributed by atoms with Crippen molar-refractivity contribution in [1.82, 2.24) is 34.8 Å². The number of hydrogen-bond donors (Lipinski definition) is 2. The van der Waals surface area contributed by atoms with Crippen molar-refractivity contribution in [2.24, 2.45) is 14.1 Å². The molecule has 164 valence electrons. The van der Waals surface area contributed by atoms with Gasteiger partial charge in [0.1, 0.15) is 5.82 Å². The molecule has 5 rings (SSSR count). The fourth-order valence-electron chi connectivity index (χ4n) is 3.80. The lowest BCUT2D eigenvalue weighted by molar-refractivity contribution is 0.0372. The number of anilines is 1. The Morgan fingerprint density at radius 1 is 1.03 bits per heavy atom. The van der Waals surface area contributed by atoms with Crippen molar-refractivity contribution in [2.75, 3.05) is 31.6 Å². The van der Waals surface area contributed by atoms with Crippen molar-refractivity contribution >= 4 is 5.82 Å². The molecule has 3 aromatic heterocycles. The van der Waals surface area contributed by atoms with Crippen LogP contribution in [0.2, 0.25) is 0 Å². The van der Waals surface area contributed by atoms with Crippen LogP contribution in [-0.4, -0.2) is 61.9 Å². The minimum Gasteiger partial charge on any atom is -0.374 e. The van der Waals surface area contributed by atoms with E-state index < -0.39 is 0 Å². The Kier molecular flexibility index (Phi) is 5.66. The van der Waals surface area contributed by atoms with Crippen LogP contribution < -0.4 is 10.6 Å². The molecule has 0 bridgehead atoms. The molecule has 1 unspecified atom stereocenters. The average molecular weight is 431 g/mol. The lowest BCUT2D eigenvalue weighted by atomic mass is 10.1. The summed E-state index contributed by atoms with van der Waals surface area (Å²) in [5.41, 5.74) is 4.96. The number of ether oxygens (including phenoxy) is 1. The second-order valence-corrected chi connectivity index (χ2v) is 7.92. The van der Waals surface area contributed by atoms with Gasteiger partial charge in [0.2, 0.25) is 0 Å². The summed E-state index contributed by atoms with van der Waals surface area (Å²) in [5, 5.41) is 15.4. The SMILES string of the molecule is Cn1cc(-c2cccc(-c3ncc(-c4cnn(C)c4)c(NCC4CNCCO4)n3)c2)cn1. The molecule has 0 aliphatic carbocycles. The van der Waals surface area contributed by atoms with Gasteiger partial charge in [-0.3, -0.25) is 9.36 Å². The maximum absolute atomic E-state index is 5.84. The highest BCUT2D eigenvalue weighted by Gasteiger charge is 2.17. The van der Waals surface area contributed by atoms with Crippen LogP contribution in [-0.2, 0) is 18.8 Å². The van der Waals surface area contributed by atoms with Gasteiger partial charge in [-0.05, 0) is 11.6 Å². The number of aromatic nitrogens is 6. The lowest BCUT2D eigenvalue weighted by Gasteiger charge is -2.24. The zero-order valence-electron chi connectivity index (χ0n) is 18.2. The molecule has 4 aromatic rings. The summed E-state index contributed by atoms with van der Waals surface area (Å²) in [6.07, 6.45) is 9.60. The van der Waals surface area contributed by atoms with Gasteiger partial charge in [0, 0.05) is 74.6 Å². The number of hydrogen-bond acceptors (Lipinski definition) is 7. The van der Waals surface area contributed by atoms with Crippen LogP contribution in [0.1, 0.15) is 0 Å². The third kappa shape index (κ3) is 4.39. The predicted octanol–water partition coefficient (Wildman–Crippen LogP) is 2.34. The van der Waals surface area contributed by atoms with Crippen LogP contribution in [0.3, 0.4) is 0 Å². The maximum Gasteiger partial charge on any atom is 0.161 e. The molecular formula is C23H26N8O. The van der Waals surface area contributed by atoms with Gasteiger partial charge in [-0.1, -0.05) is 18.2 Å². The summed E-state index contributed by atoms with van der Waals surface area (Å²) in [7, 11) is 3.81. The second kappa shape index (κ2) is 8.89. The monoisotopic (exact) mass is 430 g/mol. The van der Waals surface area contributed by atoms with E-state index in [4.69, 9.17) is 9.72 Å². The number of benzene rings is 1. The first-order valence-corrected chi connectivity index (χ1v) is 10.7. The Morgan fingerprint density at radius 2 is 1.81 bits per heavy atom. The lowest BCUT2D eigenvalue weighted by Crippen LogP contribution is -2.42. The molecule has 9 heteroatoms. The van der Waals surface area contributed by atoms with Gasteiger partial charge >= 0.3 is 0 Å². The van der Waals surface area contributed by atoms with Crippen molar-refractivity contribution in [3.63, 3.8) is 0 Å². The van der Waals surface area contributed by atoms with Gasteiger partial charge in [-0.15, -0.1) is 0 Å². The smallest absolute Gasteiger partial charge is 0.161 e. The van der Waals surface area contributed by atoms with E-state index in [1.54, 1.807) is 9.36 Å². The zero-order chi connectivity index (χ0) is 21.9. The van der Waals surface area contributed by atoms with Crippen LogP contribution in [0.25, 0.3) is 33.6 Å². The van der Waals surface area contributed by atoms with Crippen LogP contribution >= 0.6 is 0 Å².